The minimum Gasteiger partial charge on any atom is -0.502 e. The maximum absolute atomic E-state index is 12.9. The molecule has 0 saturated carbocycles. The molecule has 1 aliphatic heterocycles. The third kappa shape index (κ3) is 3.40. The number of carbonyl (C=O) groups excluding carboxylic acids is 1. The number of likely N-dealkylation sites (N-methyl/N-ethyl adjacent to an activating group) is 1. The Morgan fingerprint density at radius 1 is 1.14 bits per heavy atom. The fourth-order valence-electron chi connectivity index (χ4n) is 3.96. The van der Waals surface area contributed by atoms with Crippen molar-refractivity contribution in [3.05, 3.63) is 92.9 Å². The van der Waals surface area contributed by atoms with Crippen molar-refractivity contribution in [1.82, 2.24) is 14.7 Å². The summed E-state index contributed by atoms with van der Waals surface area (Å²) in [7, 11) is 0. The number of hydrogen-bond donors (Lipinski definition) is 1. The predicted octanol–water partition coefficient (Wildman–Crippen LogP) is 3.45. The molecule has 2 atom stereocenters. The van der Waals surface area contributed by atoms with Crippen LogP contribution in [0.5, 0.6) is 5.75 Å². The van der Waals surface area contributed by atoms with Crippen molar-refractivity contribution < 1.29 is 9.90 Å². The molecule has 0 spiro atoms. The number of rotatable bonds is 4. The van der Waals surface area contributed by atoms with Crippen molar-refractivity contribution in [1.29, 1.82) is 0 Å². The van der Waals surface area contributed by atoms with Crippen LogP contribution in [0.3, 0.4) is 0 Å². The standard InChI is InChI=1S/C22H20ClN3O3/c1-2-25-13-17(26-20(22(25)29)21(28)18(27)12-24-26)19(14-7-4-3-5-8-14)15-9-6-10-16(23)11-15/h3-12,17,19,28H,2,13H2,1H3/t17?,19-/m1/s1. The molecule has 3 aromatic rings. The van der Waals surface area contributed by atoms with E-state index >= 15 is 0 Å². The van der Waals surface area contributed by atoms with E-state index in [4.69, 9.17) is 11.6 Å². The largest absolute Gasteiger partial charge is 0.502 e. The topological polar surface area (TPSA) is 75.4 Å². The summed E-state index contributed by atoms with van der Waals surface area (Å²) in [5.74, 6) is -1.15. The number of fused-ring (bicyclic) bond motifs is 1. The molecule has 7 heteroatoms. The van der Waals surface area contributed by atoms with E-state index in [2.05, 4.69) is 5.10 Å². The molecule has 2 heterocycles. The lowest BCUT2D eigenvalue weighted by molar-refractivity contribution is 0.0646. The van der Waals surface area contributed by atoms with Gasteiger partial charge in [0.15, 0.2) is 11.4 Å². The molecule has 1 N–H and O–H groups in total. The van der Waals surface area contributed by atoms with E-state index in [0.717, 1.165) is 17.3 Å². The van der Waals surface area contributed by atoms with Crippen LogP contribution in [0.2, 0.25) is 5.02 Å². The van der Waals surface area contributed by atoms with Crippen molar-refractivity contribution in [2.24, 2.45) is 0 Å². The van der Waals surface area contributed by atoms with Crippen molar-refractivity contribution in [3.63, 3.8) is 0 Å². The Morgan fingerprint density at radius 2 is 1.86 bits per heavy atom. The Balaban J connectivity index is 1.96. The monoisotopic (exact) mass is 409 g/mol. The highest BCUT2D eigenvalue weighted by atomic mass is 35.5. The van der Waals surface area contributed by atoms with Crippen LogP contribution >= 0.6 is 11.6 Å². The van der Waals surface area contributed by atoms with Gasteiger partial charge in [-0.05, 0) is 30.2 Å². The first-order valence-electron chi connectivity index (χ1n) is 9.41. The Bertz CT molecular complexity index is 1110. The van der Waals surface area contributed by atoms with Gasteiger partial charge < -0.3 is 10.0 Å². The minimum absolute atomic E-state index is 0.0708. The molecule has 148 valence electrons. The maximum Gasteiger partial charge on any atom is 0.276 e. The van der Waals surface area contributed by atoms with Gasteiger partial charge in [-0.2, -0.15) is 5.10 Å². The second-order valence-corrected chi connectivity index (χ2v) is 7.44. The van der Waals surface area contributed by atoms with E-state index in [-0.39, 0.29) is 17.7 Å². The summed E-state index contributed by atoms with van der Waals surface area (Å²) >= 11 is 6.27. The predicted molar refractivity (Wildman–Crippen MR) is 111 cm³/mol. The zero-order valence-electron chi connectivity index (χ0n) is 15.8. The molecular weight excluding hydrogens is 390 g/mol. The van der Waals surface area contributed by atoms with Gasteiger partial charge >= 0.3 is 0 Å². The fraction of sp³-hybridized carbons (Fsp3) is 0.227. The lowest BCUT2D eigenvalue weighted by Gasteiger charge is -2.38. The summed E-state index contributed by atoms with van der Waals surface area (Å²) in [5, 5.41) is 15.2. The Hall–Kier alpha value is -3.12. The van der Waals surface area contributed by atoms with E-state index in [1.807, 2.05) is 61.5 Å². The Kier molecular flexibility index (Phi) is 5.11. The van der Waals surface area contributed by atoms with Crippen LogP contribution in [0, 0.1) is 0 Å². The van der Waals surface area contributed by atoms with Crippen LogP contribution < -0.4 is 5.43 Å². The van der Waals surface area contributed by atoms with Gasteiger partial charge in [0.25, 0.3) is 5.91 Å². The molecule has 1 unspecified atom stereocenters. The van der Waals surface area contributed by atoms with E-state index in [1.54, 1.807) is 4.90 Å². The van der Waals surface area contributed by atoms with Crippen molar-refractivity contribution in [3.8, 4) is 5.75 Å². The summed E-state index contributed by atoms with van der Waals surface area (Å²) in [4.78, 5) is 26.5. The van der Waals surface area contributed by atoms with Crippen molar-refractivity contribution in [2.45, 2.75) is 18.9 Å². The smallest absolute Gasteiger partial charge is 0.276 e. The lowest BCUT2D eigenvalue weighted by Crippen LogP contribution is -2.46. The first-order valence-corrected chi connectivity index (χ1v) is 9.79. The quantitative estimate of drug-likeness (QED) is 0.716. The van der Waals surface area contributed by atoms with Crippen LogP contribution in [0.15, 0.2) is 65.6 Å². The molecule has 0 radical (unpaired) electrons. The van der Waals surface area contributed by atoms with Gasteiger partial charge in [-0.15, -0.1) is 0 Å². The zero-order valence-corrected chi connectivity index (χ0v) is 16.6. The number of benzene rings is 2. The van der Waals surface area contributed by atoms with Crippen molar-refractivity contribution >= 4 is 17.5 Å². The van der Waals surface area contributed by atoms with Gasteiger partial charge in [0.2, 0.25) is 5.43 Å². The molecule has 4 rings (SSSR count). The van der Waals surface area contributed by atoms with Gasteiger partial charge in [0.1, 0.15) is 0 Å². The normalized spacial score (nSPS) is 17.1. The first kappa shape index (κ1) is 19.2. The van der Waals surface area contributed by atoms with Gasteiger partial charge in [-0.3, -0.25) is 14.3 Å². The van der Waals surface area contributed by atoms with E-state index in [0.29, 0.717) is 18.1 Å². The molecule has 2 aromatic carbocycles. The molecule has 1 aliphatic rings. The lowest BCUT2D eigenvalue weighted by atomic mass is 9.83. The van der Waals surface area contributed by atoms with Gasteiger partial charge in [0, 0.05) is 24.0 Å². The highest BCUT2D eigenvalue weighted by Gasteiger charge is 2.39. The van der Waals surface area contributed by atoms with Crippen molar-refractivity contribution in [2.75, 3.05) is 13.1 Å². The highest BCUT2D eigenvalue weighted by molar-refractivity contribution is 6.30. The summed E-state index contributed by atoms with van der Waals surface area (Å²) in [6.07, 6.45) is 1.06. The Labute approximate surface area is 173 Å². The van der Waals surface area contributed by atoms with Gasteiger partial charge in [-0.1, -0.05) is 54.1 Å². The molecular formula is C22H20ClN3O3. The molecule has 0 aliphatic carbocycles. The molecule has 0 bridgehead atoms. The summed E-state index contributed by atoms with van der Waals surface area (Å²) < 4.78 is 1.49. The van der Waals surface area contributed by atoms with Crippen LogP contribution in [-0.2, 0) is 0 Å². The summed E-state index contributed by atoms with van der Waals surface area (Å²) in [6, 6.07) is 17.1. The minimum atomic E-state index is -0.666. The maximum atomic E-state index is 12.9. The number of amides is 1. The van der Waals surface area contributed by atoms with Crippen LogP contribution in [0.1, 0.15) is 40.5 Å². The first-order chi connectivity index (χ1) is 14.0. The van der Waals surface area contributed by atoms with E-state index in [1.165, 1.54) is 4.68 Å². The number of aromatic nitrogens is 2. The molecule has 0 fully saturated rings. The highest BCUT2D eigenvalue weighted by Crippen LogP contribution is 2.39. The molecule has 29 heavy (non-hydrogen) atoms. The SMILES string of the molecule is CCN1CC([C@H](c2ccccc2)c2cccc(Cl)c2)n2ncc(=O)c(O)c2C1=O. The molecule has 6 nitrogen and oxygen atoms in total. The third-order valence-electron chi connectivity index (χ3n) is 5.33. The number of nitrogens with zero attached hydrogens (tertiary/aromatic N) is 3. The summed E-state index contributed by atoms with van der Waals surface area (Å²) in [5.41, 5.74) is 1.25. The van der Waals surface area contributed by atoms with E-state index in [9.17, 15) is 14.7 Å². The second kappa shape index (κ2) is 7.72. The van der Waals surface area contributed by atoms with Gasteiger partial charge in [0.05, 0.1) is 12.2 Å². The van der Waals surface area contributed by atoms with E-state index < -0.39 is 17.1 Å². The fourth-order valence-corrected chi connectivity index (χ4v) is 4.16. The van der Waals surface area contributed by atoms with Crippen LogP contribution in [0.25, 0.3) is 0 Å². The number of halogens is 1. The van der Waals surface area contributed by atoms with Gasteiger partial charge in [-0.25, -0.2) is 0 Å². The van der Waals surface area contributed by atoms with Crippen LogP contribution in [-0.4, -0.2) is 38.8 Å². The number of carbonyl (C=O) groups is 1. The number of hydrogen-bond acceptors (Lipinski definition) is 4. The second-order valence-electron chi connectivity index (χ2n) is 7.01. The third-order valence-corrected chi connectivity index (χ3v) is 5.57. The average Bonchev–Trinajstić information content (AvgIpc) is 2.73. The molecule has 1 aromatic heterocycles. The summed E-state index contributed by atoms with van der Waals surface area (Å²) in [6.45, 7) is 2.71. The molecule has 1 amide bonds. The zero-order chi connectivity index (χ0) is 20.5. The molecule has 0 saturated heterocycles. The van der Waals surface area contributed by atoms with Crippen LogP contribution in [0.4, 0.5) is 0 Å². The Morgan fingerprint density at radius 3 is 2.55 bits per heavy atom. The number of aromatic hydroxyl groups is 1. The average molecular weight is 410 g/mol.